The molecule has 4 heteroatoms. The molecule has 1 aromatic carbocycles. The van der Waals surface area contributed by atoms with Gasteiger partial charge in [-0.05, 0) is 30.5 Å². The average Bonchev–Trinajstić information content (AvgIpc) is 2.42. The molecule has 2 N–H and O–H groups in total. The highest BCUT2D eigenvalue weighted by molar-refractivity contribution is 5.79. The summed E-state index contributed by atoms with van der Waals surface area (Å²) in [5.74, 6) is 0.753. The summed E-state index contributed by atoms with van der Waals surface area (Å²) in [7, 11) is 1.62. The molecule has 1 saturated carbocycles. The Hall–Kier alpha value is -1.55. The lowest BCUT2D eigenvalue weighted by molar-refractivity contribution is -0.122. The highest BCUT2D eigenvalue weighted by Crippen LogP contribution is 2.18. The molecule has 4 nitrogen and oxygen atoms in total. The van der Waals surface area contributed by atoms with Gasteiger partial charge >= 0.3 is 0 Å². The zero-order valence-corrected chi connectivity index (χ0v) is 11.3. The van der Waals surface area contributed by atoms with Gasteiger partial charge in [-0.25, -0.2) is 0 Å². The van der Waals surface area contributed by atoms with E-state index in [0.717, 1.165) is 37.0 Å². The fourth-order valence-corrected chi connectivity index (χ4v) is 2.47. The first-order chi connectivity index (χ1) is 9.19. The summed E-state index contributed by atoms with van der Waals surface area (Å²) in [6.45, 7) is 0. The number of amides is 1. The van der Waals surface area contributed by atoms with Crippen LogP contribution < -0.4 is 10.1 Å². The Morgan fingerprint density at radius 1 is 1.32 bits per heavy atom. The minimum atomic E-state index is -0.395. The number of rotatable bonds is 4. The number of benzene rings is 1. The van der Waals surface area contributed by atoms with Crippen molar-refractivity contribution in [3.05, 3.63) is 29.8 Å². The summed E-state index contributed by atoms with van der Waals surface area (Å²) < 4.78 is 5.08. The lowest BCUT2D eigenvalue weighted by Gasteiger charge is -2.28. The summed E-state index contributed by atoms with van der Waals surface area (Å²) >= 11 is 0. The number of nitrogens with one attached hydrogen (secondary N) is 1. The number of carbonyl (C=O) groups excluding carboxylic acids is 1. The average molecular weight is 263 g/mol. The van der Waals surface area contributed by atoms with Gasteiger partial charge in [-0.1, -0.05) is 25.0 Å². The normalized spacial score (nSPS) is 22.8. The second-order valence-corrected chi connectivity index (χ2v) is 5.05. The lowest BCUT2D eigenvalue weighted by atomic mass is 9.92. The molecule has 1 aliphatic carbocycles. The van der Waals surface area contributed by atoms with Crippen molar-refractivity contribution in [3.8, 4) is 5.75 Å². The topological polar surface area (TPSA) is 58.6 Å². The van der Waals surface area contributed by atoms with Crippen molar-refractivity contribution in [1.29, 1.82) is 0 Å². The second-order valence-electron chi connectivity index (χ2n) is 5.05. The molecule has 2 atom stereocenters. The molecule has 2 unspecified atom stereocenters. The molecule has 1 fully saturated rings. The van der Waals surface area contributed by atoms with E-state index in [1.54, 1.807) is 7.11 Å². The number of ether oxygens (including phenoxy) is 1. The van der Waals surface area contributed by atoms with E-state index in [2.05, 4.69) is 5.32 Å². The van der Waals surface area contributed by atoms with E-state index in [0.29, 0.717) is 6.42 Å². The van der Waals surface area contributed by atoms with Gasteiger partial charge in [0.05, 0.1) is 25.7 Å². The van der Waals surface area contributed by atoms with E-state index in [4.69, 9.17) is 4.74 Å². The molecular formula is C15H21NO3. The van der Waals surface area contributed by atoms with E-state index in [1.807, 2.05) is 24.3 Å². The van der Waals surface area contributed by atoms with Crippen LogP contribution in [0.15, 0.2) is 24.3 Å². The zero-order valence-electron chi connectivity index (χ0n) is 11.3. The summed E-state index contributed by atoms with van der Waals surface area (Å²) in [5.41, 5.74) is 0.948. The van der Waals surface area contributed by atoms with Gasteiger partial charge in [-0.15, -0.1) is 0 Å². The van der Waals surface area contributed by atoms with Gasteiger partial charge in [0.25, 0.3) is 0 Å². The van der Waals surface area contributed by atoms with E-state index < -0.39 is 6.10 Å². The number of methoxy groups -OCH3 is 1. The van der Waals surface area contributed by atoms with Crippen LogP contribution >= 0.6 is 0 Å². The SMILES string of the molecule is COc1ccc(CC(=O)NC2CCCCC2O)cc1. The molecular weight excluding hydrogens is 242 g/mol. The molecule has 104 valence electrons. The Bertz CT molecular complexity index is 416. The van der Waals surface area contributed by atoms with Gasteiger partial charge in [-0.2, -0.15) is 0 Å². The number of hydrogen-bond acceptors (Lipinski definition) is 3. The third kappa shape index (κ3) is 3.96. The van der Waals surface area contributed by atoms with Crippen LogP contribution in [0.5, 0.6) is 5.75 Å². The zero-order chi connectivity index (χ0) is 13.7. The standard InChI is InChI=1S/C15H21NO3/c1-19-12-8-6-11(7-9-12)10-15(18)16-13-4-2-3-5-14(13)17/h6-9,13-14,17H,2-5,10H2,1H3,(H,16,18). The summed E-state index contributed by atoms with van der Waals surface area (Å²) in [6, 6.07) is 7.38. The Kier molecular flexibility index (Phi) is 4.80. The van der Waals surface area contributed by atoms with Gasteiger partial charge in [-0.3, -0.25) is 4.79 Å². The maximum atomic E-state index is 11.9. The molecule has 1 amide bonds. The lowest BCUT2D eigenvalue weighted by Crippen LogP contribution is -2.45. The van der Waals surface area contributed by atoms with E-state index in [1.165, 1.54) is 0 Å². The number of hydrogen-bond donors (Lipinski definition) is 2. The highest BCUT2D eigenvalue weighted by Gasteiger charge is 2.24. The molecule has 1 aliphatic rings. The maximum Gasteiger partial charge on any atom is 0.224 e. The van der Waals surface area contributed by atoms with Crippen molar-refractivity contribution in [2.75, 3.05) is 7.11 Å². The van der Waals surface area contributed by atoms with Crippen LogP contribution in [0.3, 0.4) is 0 Å². The second kappa shape index (κ2) is 6.57. The van der Waals surface area contributed by atoms with Crippen LogP contribution in [-0.2, 0) is 11.2 Å². The van der Waals surface area contributed by atoms with Crippen LogP contribution in [-0.4, -0.2) is 30.3 Å². The predicted molar refractivity (Wildman–Crippen MR) is 73.1 cm³/mol. The van der Waals surface area contributed by atoms with Gasteiger partial charge < -0.3 is 15.2 Å². The third-order valence-corrected chi connectivity index (χ3v) is 3.60. The van der Waals surface area contributed by atoms with Crippen LogP contribution in [0.2, 0.25) is 0 Å². The van der Waals surface area contributed by atoms with Gasteiger partial charge in [0.15, 0.2) is 0 Å². The first-order valence-corrected chi connectivity index (χ1v) is 6.79. The molecule has 2 rings (SSSR count). The van der Waals surface area contributed by atoms with Crippen LogP contribution in [0.25, 0.3) is 0 Å². The van der Waals surface area contributed by atoms with Gasteiger partial charge in [0.2, 0.25) is 5.91 Å². The van der Waals surface area contributed by atoms with Crippen LogP contribution in [0.4, 0.5) is 0 Å². The van der Waals surface area contributed by atoms with Crippen molar-refractivity contribution in [1.82, 2.24) is 5.32 Å². The van der Waals surface area contributed by atoms with Crippen LogP contribution in [0.1, 0.15) is 31.2 Å². The number of aliphatic hydroxyl groups excluding tert-OH is 1. The maximum absolute atomic E-state index is 11.9. The number of carbonyl (C=O) groups is 1. The Morgan fingerprint density at radius 3 is 2.63 bits per heavy atom. The smallest absolute Gasteiger partial charge is 0.224 e. The van der Waals surface area contributed by atoms with Crippen molar-refractivity contribution in [2.24, 2.45) is 0 Å². The third-order valence-electron chi connectivity index (χ3n) is 3.60. The molecule has 0 heterocycles. The predicted octanol–water partition coefficient (Wildman–Crippen LogP) is 1.66. The van der Waals surface area contributed by atoms with Gasteiger partial charge in [0, 0.05) is 0 Å². The van der Waals surface area contributed by atoms with Crippen molar-refractivity contribution in [3.63, 3.8) is 0 Å². The number of aliphatic hydroxyl groups is 1. The molecule has 0 spiro atoms. The Balaban J connectivity index is 1.86. The van der Waals surface area contributed by atoms with Crippen molar-refractivity contribution < 1.29 is 14.6 Å². The summed E-state index contributed by atoms with van der Waals surface area (Å²) in [6.07, 6.45) is 3.72. The molecule has 0 radical (unpaired) electrons. The molecule has 0 bridgehead atoms. The minimum absolute atomic E-state index is 0.0314. The minimum Gasteiger partial charge on any atom is -0.497 e. The van der Waals surface area contributed by atoms with Crippen molar-refractivity contribution in [2.45, 2.75) is 44.2 Å². The van der Waals surface area contributed by atoms with E-state index >= 15 is 0 Å². The summed E-state index contributed by atoms with van der Waals surface area (Å²) in [5, 5.41) is 12.7. The summed E-state index contributed by atoms with van der Waals surface area (Å²) in [4.78, 5) is 11.9. The first kappa shape index (κ1) is 13.9. The molecule has 1 aromatic rings. The van der Waals surface area contributed by atoms with E-state index in [-0.39, 0.29) is 11.9 Å². The quantitative estimate of drug-likeness (QED) is 0.868. The highest BCUT2D eigenvalue weighted by atomic mass is 16.5. The molecule has 19 heavy (non-hydrogen) atoms. The van der Waals surface area contributed by atoms with E-state index in [9.17, 15) is 9.90 Å². The largest absolute Gasteiger partial charge is 0.497 e. The monoisotopic (exact) mass is 263 g/mol. The van der Waals surface area contributed by atoms with Crippen LogP contribution in [0, 0.1) is 0 Å². The Labute approximate surface area is 113 Å². The molecule has 0 aliphatic heterocycles. The fraction of sp³-hybridized carbons (Fsp3) is 0.533. The van der Waals surface area contributed by atoms with Crippen molar-refractivity contribution >= 4 is 5.91 Å². The first-order valence-electron chi connectivity index (χ1n) is 6.79. The fourth-order valence-electron chi connectivity index (χ4n) is 2.47. The van der Waals surface area contributed by atoms with Gasteiger partial charge in [0.1, 0.15) is 5.75 Å². The molecule has 0 aromatic heterocycles. The Morgan fingerprint density at radius 2 is 2.00 bits per heavy atom. The molecule has 0 saturated heterocycles.